The van der Waals surface area contributed by atoms with E-state index in [1.807, 2.05) is 37.4 Å². The molecule has 0 amide bonds. The van der Waals surface area contributed by atoms with Crippen LogP contribution >= 0.6 is 11.3 Å². The minimum atomic E-state index is -0.322. The van der Waals surface area contributed by atoms with Crippen LogP contribution in [-0.4, -0.2) is 9.13 Å². The fraction of sp³-hybridized carbons (Fsp3) is 0.200. The van der Waals surface area contributed by atoms with Gasteiger partial charge in [-0.3, -0.25) is 13.9 Å². The smallest absolute Gasteiger partial charge is 0.332 e. The number of hydrogen-bond acceptors (Lipinski definition) is 4. The summed E-state index contributed by atoms with van der Waals surface area (Å²) in [7, 11) is 0. The van der Waals surface area contributed by atoms with Gasteiger partial charge in [0.15, 0.2) is 0 Å². The molecule has 6 heteroatoms. The number of thiophene rings is 1. The Balaban J connectivity index is 1.89. The number of benzene rings is 1. The van der Waals surface area contributed by atoms with Crippen LogP contribution < -0.4 is 11.2 Å². The molecule has 26 heavy (non-hydrogen) atoms. The highest BCUT2D eigenvalue weighted by atomic mass is 32.1. The van der Waals surface area contributed by atoms with Gasteiger partial charge in [0.2, 0.25) is 0 Å². The van der Waals surface area contributed by atoms with Crippen molar-refractivity contribution in [3.63, 3.8) is 0 Å². The van der Waals surface area contributed by atoms with Gasteiger partial charge in [-0.1, -0.05) is 23.8 Å². The van der Waals surface area contributed by atoms with Crippen molar-refractivity contribution in [2.75, 3.05) is 0 Å². The first-order chi connectivity index (χ1) is 12.5. The van der Waals surface area contributed by atoms with E-state index in [1.54, 1.807) is 16.7 Å². The third-order valence-corrected chi connectivity index (χ3v) is 5.45. The van der Waals surface area contributed by atoms with Crippen molar-refractivity contribution < 1.29 is 4.42 Å². The molecule has 1 aromatic carbocycles. The van der Waals surface area contributed by atoms with Crippen molar-refractivity contribution in [1.82, 2.24) is 9.13 Å². The molecule has 0 N–H and O–H groups in total. The van der Waals surface area contributed by atoms with Crippen molar-refractivity contribution >= 4 is 21.6 Å². The van der Waals surface area contributed by atoms with Gasteiger partial charge in [-0.2, -0.15) is 0 Å². The summed E-state index contributed by atoms with van der Waals surface area (Å²) in [5, 5.41) is 1.85. The van der Waals surface area contributed by atoms with Gasteiger partial charge in [0, 0.05) is 0 Å². The lowest BCUT2D eigenvalue weighted by Gasteiger charge is -2.13. The van der Waals surface area contributed by atoms with Gasteiger partial charge >= 0.3 is 5.69 Å². The Morgan fingerprint density at radius 2 is 1.88 bits per heavy atom. The quantitative estimate of drug-likeness (QED) is 0.555. The number of aryl methyl sites for hydroxylation is 2. The Hall–Kier alpha value is -2.86. The molecule has 3 heterocycles. The summed E-state index contributed by atoms with van der Waals surface area (Å²) in [6.45, 7) is 4.64. The molecule has 0 fully saturated rings. The maximum atomic E-state index is 13.1. The maximum Gasteiger partial charge on any atom is 0.332 e. The molecule has 0 saturated heterocycles. The van der Waals surface area contributed by atoms with Crippen molar-refractivity contribution in [2.45, 2.75) is 26.9 Å². The second-order valence-corrected chi connectivity index (χ2v) is 7.32. The van der Waals surface area contributed by atoms with Crippen LogP contribution in [0.5, 0.6) is 0 Å². The van der Waals surface area contributed by atoms with E-state index in [1.165, 1.54) is 27.7 Å². The second-order valence-electron chi connectivity index (χ2n) is 6.40. The summed E-state index contributed by atoms with van der Waals surface area (Å²) in [4.78, 5) is 25.9. The fourth-order valence-corrected chi connectivity index (χ4v) is 4.02. The van der Waals surface area contributed by atoms with Crippen molar-refractivity contribution in [1.29, 1.82) is 0 Å². The van der Waals surface area contributed by atoms with Gasteiger partial charge in [0.25, 0.3) is 5.56 Å². The number of aromatic nitrogens is 2. The van der Waals surface area contributed by atoms with Crippen LogP contribution in [0.1, 0.15) is 22.5 Å². The molecular formula is C20H18N2O3S. The summed E-state index contributed by atoms with van der Waals surface area (Å²) in [6, 6.07) is 11.5. The molecule has 0 bridgehead atoms. The van der Waals surface area contributed by atoms with Crippen LogP contribution in [-0.2, 0) is 13.1 Å². The highest BCUT2D eigenvalue weighted by molar-refractivity contribution is 7.17. The van der Waals surface area contributed by atoms with Crippen molar-refractivity contribution in [3.8, 4) is 0 Å². The lowest BCUT2D eigenvalue weighted by atomic mass is 10.1. The molecule has 132 valence electrons. The van der Waals surface area contributed by atoms with E-state index in [0.29, 0.717) is 22.5 Å². The maximum absolute atomic E-state index is 13.1. The fourth-order valence-electron chi connectivity index (χ4n) is 3.18. The standard InChI is InChI=1S/C20H18N2O3S/c1-13-5-6-15(14(2)10-13)11-21-17-7-9-26-18(17)19(23)22(20(21)24)12-16-4-3-8-25-16/h3-10H,11-12H2,1-2H3. The third-order valence-electron chi connectivity index (χ3n) is 4.56. The first-order valence-electron chi connectivity index (χ1n) is 8.34. The summed E-state index contributed by atoms with van der Waals surface area (Å²) >= 11 is 1.36. The predicted octanol–water partition coefficient (Wildman–Crippen LogP) is 3.53. The Morgan fingerprint density at radius 3 is 2.62 bits per heavy atom. The van der Waals surface area contributed by atoms with E-state index in [4.69, 9.17) is 4.42 Å². The molecule has 5 nitrogen and oxygen atoms in total. The minimum Gasteiger partial charge on any atom is -0.467 e. The van der Waals surface area contributed by atoms with Gasteiger partial charge in [-0.25, -0.2) is 4.79 Å². The molecule has 0 unspecified atom stereocenters. The molecule has 0 aliphatic rings. The van der Waals surface area contributed by atoms with Crippen molar-refractivity contribution in [3.05, 3.63) is 91.3 Å². The van der Waals surface area contributed by atoms with Crippen LogP contribution in [0.15, 0.2) is 62.0 Å². The molecule has 4 aromatic rings. The van der Waals surface area contributed by atoms with Gasteiger partial charge in [-0.05, 0) is 48.6 Å². The summed E-state index contributed by atoms with van der Waals surface area (Å²) in [5.41, 5.74) is 3.46. The molecule has 0 aliphatic carbocycles. The Labute approximate surface area is 153 Å². The van der Waals surface area contributed by atoms with Gasteiger partial charge in [0.1, 0.15) is 10.5 Å². The second kappa shape index (κ2) is 6.46. The SMILES string of the molecule is Cc1ccc(Cn2c(=O)n(Cc3ccco3)c(=O)c3sccc32)c(C)c1. The predicted molar refractivity (Wildman–Crippen MR) is 103 cm³/mol. The zero-order valence-electron chi connectivity index (χ0n) is 14.6. The highest BCUT2D eigenvalue weighted by Gasteiger charge is 2.16. The van der Waals surface area contributed by atoms with E-state index in [0.717, 1.165) is 11.1 Å². The van der Waals surface area contributed by atoms with Crippen LogP contribution in [0.2, 0.25) is 0 Å². The van der Waals surface area contributed by atoms with Crippen LogP contribution in [0.3, 0.4) is 0 Å². The summed E-state index contributed by atoms with van der Waals surface area (Å²) in [5.74, 6) is 0.582. The Morgan fingerprint density at radius 1 is 1.04 bits per heavy atom. The molecular weight excluding hydrogens is 348 g/mol. The number of hydrogen-bond donors (Lipinski definition) is 0. The van der Waals surface area contributed by atoms with Crippen LogP contribution in [0, 0.1) is 13.8 Å². The average Bonchev–Trinajstić information content (AvgIpc) is 3.29. The zero-order valence-corrected chi connectivity index (χ0v) is 15.4. The van der Waals surface area contributed by atoms with Gasteiger partial charge in [0.05, 0.1) is 24.9 Å². The molecule has 3 aromatic heterocycles. The Bertz CT molecular complexity index is 1200. The van der Waals surface area contributed by atoms with Crippen LogP contribution in [0.25, 0.3) is 10.2 Å². The van der Waals surface area contributed by atoms with Crippen molar-refractivity contribution in [2.24, 2.45) is 0 Å². The average molecular weight is 366 g/mol. The minimum absolute atomic E-state index is 0.130. The number of fused-ring (bicyclic) bond motifs is 1. The first kappa shape index (κ1) is 16.6. The monoisotopic (exact) mass is 366 g/mol. The normalized spacial score (nSPS) is 11.3. The number of nitrogens with zero attached hydrogens (tertiary/aromatic N) is 2. The Kier molecular flexibility index (Phi) is 4.12. The lowest BCUT2D eigenvalue weighted by molar-refractivity contribution is 0.479. The van der Waals surface area contributed by atoms with E-state index in [9.17, 15) is 9.59 Å². The van der Waals surface area contributed by atoms with E-state index in [2.05, 4.69) is 6.07 Å². The van der Waals surface area contributed by atoms with E-state index < -0.39 is 0 Å². The molecule has 4 rings (SSSR count). The summed E-state index contributed by atoms with van der Waals surface area (Å²) in [6.07, 6.45) is 1.54. The highest BCUT2D eigenvalue weighted by Crippen LogP contribution is 2.18. The summed E-state index contributed by atoms with van der Waals surface area (Å²) < 4.78 is 8.84. The third kappa shape index (κ3) is 2.82. The van der Waals surface area contributed by atoms with Gasteiger partial charge < -0.3 is 4.42 Å². The number of rotatable bonds is 4. The first-order valence-corrected chi connectivity index (χ1v) is 9.22. The van der Waals surface area contributed by atoms with Crippen LogP contribution in [0.4, 0.5) is 0 Å². The molecule has 0 radical (unpaired) electrons. The largest absolute Gasteiger partial charge is 0.467 e. The molecule has 0 spiro atoms. The topological polar surface area (TPSA) is 57.1 Å². The molecule has 0 aliphatic heterocycles. The number of furan rings is 1. The molecule has 0 atom stereocenters. The van der Waals surface area contributed by atoms with Gasteiger partial charge in [-0.15, -0.1) is 11.3 Å². The lowest BCUT2D eigenvalue weighted by Crippen LogP contribution is -2.40. The van der Waals surface area contributed by atoms with E-state index in [-0.39, 0.29) is 17.8 Å². The zero-order chi connectivity index (χ0) is 18.3. The molecule has 0 saturated carbocycles. The van der Waals surface area contributed by atoms with E-state index >= 15 is 0 Å².